The van der Waals surface area contributed by atoms with Gasteiger partial charge in [-0.2, -0.15) is 0 Å². The molecular weight excluding hydrogens is 294 g/mol. The lowest BCUT2D eigenvalue weighted by Crippen LogP contribution is -2.23. The molecule has 0 spiro atoms. The average molecular weight is 316 g/mol. The SMILES string of the molecule is CSc1ccc2c(c1)N(CCC(C)C)c1ccccc1S2. The topological polar surface area (TPSA) is 3.24 Å². The van der Waals surface area contributed by atoms with E-state index < -0.39 is 0 Å². The van der Waals surface area contributed by atoms with Crippen molar-refractivity contribution in [1.82, 2.24) is 0 Å². The van der Waals surface area contributed by atoms with Gasteiger partial charge in [0.2, 0.25) is 0 Å². The summed E-state index contributed by atoms with van der Waals surface area (Å²) in [5.74, 6) is 0.721. The van der Waals surface area contributed by atoms with E-state index in [2.05, 4.69) is 67.5 Å². The molecule has 0 bridgehead atoms. The van der Waals surface area contributed by atoms with Gasteiger partial charge < -0.3 is 4.90 Å². The second-order valence-corrected chi connectivity index (χ2v) is 7.70. The predicted molar refractivity (Wildman–Crippen MR) is 95.2 cm³/mol. The summed E-state index contributed by atoms with van der Waals surface area (Å²) in [5, 5.41) is 0. The number of benzene rings is 2. The normalized spacial score (nSPS) is 13.2. The third-order valence-electron chi connectivity index (χ3n) is 3.76. The zero-order valence-corrected chi connectivity index (χ0v) is 14.4. The van der Waals surface area contributed by atoms with Gasteiger partial charge in [0, 0.05) is 21.2 Å². The van der Waals surface area contributed by atoms with Crippen LogP contribution in [0.2, 0.25) is 0 Å². The van der Waals surface area contributed by atoms with Gasteiger partial charge in [-0.15, -0.1) is 11.8 Å². The summed E-state index contributed by atoms with van der Waals surface area (Å²) in [5.41, 5.74) is 2.72. The van der Waals surface area contributed by atoms with Gasteiger partial charge in [-0.25, -0.2) is 0 Å². The molecule has 0 fully saturated rings. The van der Waals surface area contributed by atoms with Crippen molar-refractivity contribution in [2.24, 2.45) is 5.92 Å². The number of thioether (sulfide) groups is 1. The standard InChI is InChI=1S/C18H21NS2/c1-13(2)10-11-19-15-6-4-5-7-17(15)21-18-9-8-14(20-3)12-16(18)19/h4-9,12-13H,10-11H2,1-3H3. The number of nitrogens with zero attached hydrogens (tertiary/aromatic N) is 1. The summed E-state index contributed by atoms with van der Waals surface area (Å²) >= 11 is 3.70. The number of anilines is 2. The van der Waals surface area contributed by atoms with Crippen LogP contribution in [0.25, 0.3) is 0 Å². The monoisotopic (exact) mass is 315 g/mol. The van der Waals surface area contributed by atoms with E-state index in [9.17, 15) is 0 Å². The molecule has 0 amide bonds. The Morgan fingerprint density at radius 1 is 1.05 bits per heavy atom. The first-order chi connectivity index (χ1) is 10.2. The molecule has 1 aliphatic heterocycles. The molecular formula is C18H21NS2. The number of fused-ring (bicyclic) bond motifs is 2. The average Bonchev–Trinajstić information content (AvgIpc) is 2.50. The van der Waals surface area contributed by atoms with E-state index in [1.807, 2.05) is 23.5 Å². The fraction of sp³-hybridized carbons (Fsp3) is 0.333. The van der Waals surface area contributed by atoms with Crippen LogP contribution in [-0.4, -0.2) is 12.8 Å². The number of rotatable bonds is 4. The highest BCUT2D eigenvalue weighted by molar-refractivity contribution is 8.00. The maximum absolute atomic E-state index is 2.50. The van der Waals surface area contributed by atoms with E-state index in [0.717, 1.165) is 12.5 Å². The van der Waals surface area contributed by atoms with E-state index in [0.29, 0.717) is 0 Å². The third-order valence-corrected chi connectivity index (χ3v) is 5.62. The van der Waals surface area contributed by atoms with Gasteiger partial charge in [-0.05, 0) is 48.9 Å². The van der Waals surface area contributed by atoms with Crippen LogP contribution < -0.4 is 4.90 Å². The molecule has 0 radical (unpaired) electrons. The minimum absolute atomic E-state index is 0.721. The molecule has 0 unspecified atom stereocenters. The van der Waals surface area contributed by atoms with Gasteiger partial charge in [0.25, 0.3) is 0 Å². The Kier molecular flexibility index (Phi) is 4.51. The van der Waals surface area contributed by atoms with Gasteiger partial charge in [0.15, 0.2) is 0 Å². The largest absolute Gasteiger partial charge is 0.340 e. The van der Waals surface area contributed by atoms with E-state index >= 15 is 0 Å². The molecule has 0 aliphatic carbocycles. The lowest BCUT2D eigenvalue weighted by Gasteiger charge is -2.33. The van der Waals surface area contributed by atoms with Gasteiger partial charge in [0.1, 0.15) is 0 Å². The van der Waals surface area contributed by atoms with Crippen molar-refractivity contribution in [3.63, 3.8) is 0 Å². The van der Waals surface area contributed by atoms with Crippen LogP contribution >= 0.6 is 23.5 Å². The zero-order chi connectivity index (χ0) is 14.8. The van der Waals surface area contributed by atoms with Gasteiger partial charge >= 0.3 is 0 Å². The van der Waals surface area contributed by atoms with Crippen LogP contribution in [0.15, 0.2) is 57.2 Å². The molecule has 3 rings (SSSR count). The molecule has 0 aromatic heterocycles. The Bertz CT molecular complexity index is 637. The van der Waals surface area contributed by atoms with Gasteiger partial charge in [-0.1, -0.05) is 37.7 Å². The van der Waals surface area contributed by atoms with Crippen LogP contribution in [-0.2, 0) is 0 Å². The van der Waals surface area contributed by atoms with Crippen LogP contribution in [0.4, 0.5) is 11.4 Å². The van der Waals surface area contributed by atoms with Crippen LogP contribution in [0.5, 0.6) is 0 Å². The van der Waals surface area contributed by atoms with E-state index in [4.69, 9.17) is 0 Å². The van der Waals surface area contributed by atoms with Crippen molar-refractivity contribution >= 4 is 34.9 Å². The maximum Gasteiger partial charge on any atom is 0.0564 e. The smallest absolute Gasteiger partial charge is 0.0564 e. The van der Waals surface area contributed by atoms with E-state index in [1.165, 1.54) is 32.5 Å². The minimum Gasteiger partial charge on any atom is -0.340 e. The van der Waals surface area contributed by atoms with Crippen molar-refractivity contribution in [3.05, 3.63) is 42.5 Å². The Morgan fingerprint density at radius 3 is 2.57 bits per heavy atom. The maximum atomic E-state index is 2.50. The molecule has 0 N–H and O–H groups in total. The first kappa shape index (κ1) is 14.9. The Hall–Kier alpha value is -1.06. The quantitative estimate of drug-likeness (QED) is 0.632. The molecule has 1 aliphatic rings. The molecule has 110 valence electrons. The van der Waals surface area contributed by atoms with E-state index in [1.54, 1.807) is 0 Å². The fourth-order valence-electron chi connectivity index (χ4n) is 2.56. The van der Waals surface area contributed by atoms with Crippen molar-refractivity contribution in [3.8, 4) is 0 Å². The Labute approximate surface area is 136 Å². The zero-order valence-electron chi connectivity index (χ0n) is 12.8. The third kappa shape index (κ3) is 3.09. The van der Waals surface area contributed by atoms with Crippen LogP contribution in [0, 0.1) is 5.92 Å². The molecule has 21 heavy (non-hydrogen) atoms. The molecule has 1 nitrogen and oxygen atoms in total. The summed E-state index contributed by atoms with van der Waals surface area (Å²) in [7, 11) is 0. The molecule has 2 aromatic carbocycles. The first-order valence-corrected chi connectivity index (χ1v) is 9.45. The number of para-hydroxylation sites is 1. The lowest BCUT2D eigenvalue weighted by atomic mass is 10.1. The molecule has 0 saturated heterocycles. The minimum atomic E-state index is 0.721. The Balaban J connectivity index is 2.03. The molecule has 2 aromatic rings. The second-order valence-electron chi connectivity index (χ2n) is 5.74. The summed E-state index contributed by atoms with van der Waals surface area (Å²) in [6, 6.07) is 15.6. The van der Waals surface area contributed by atoms with Gasteiger partial charge in [0.05, 0.1) is 11.4 Å². The summed E-state index contributed by atoms with van der Waals surface area (Å²) < 4.78 is 0. The Morgan fingerprint density at radius 2 is 1.81 bits per heavy atom. The van der Waals surface area contributed by atoms with Crippen molar-refractivity contribution in [2.75, 3.05) is 17.7 Å². The molecule has 1 heterocycles. The van der Waals surface area contributed by atoms with E-state index in [-0.39, 0.29) is 0 Å². The fourth-order valence-corrected chi connectivity index (χ4v) is 4.07. The van der Waals surface area contributed by atoms with Crippen LogP contribution in [0.3, 0.4) is 0 Å². The summed E-state index contributed by atoms with van der Waals surface area (Å²) in [4.78, 5) is 6.57. The summed E-state index contributed by atoms with van der Waals surface area (Å²) in [6.45, 7) is 5.67. The highest BCUT2D eigenvalue weighted by Gasteiger charge is 2.23. The summed E-state index contributed by atoms with van der Waals surface area (Å²) in [6.07, 6.45) is 3.35. The molecule has 0 atom stereocenters. The van der Waals surface area contributed by atoms with Gasteiger partial charge in [-0.3, -0.25) is 0 Å². The highest BCUT2D eigenvalue weighted by Crippen LogP contribution is 2.48. The molecule has 0 saturated carbocycles. The van der Waals surface area contributed by atoms with Crippen molar-refractivity contribution in [1.29, 1.82) is 0 Å². The second kappa shape index (κ2) is 6.37. The number of hydrogen-bond acceptors (Lipinski definition) is 3. The van der Waals surface area contributed by atoms with Crippen molar-refractivity contribution in [2.45, 2.75) is 35.0 Å². The predicted octanol–water partition coefficient (Wildman–Crippen LogP) is 6.06. The van der Waals surface area contributed by atoms with Crippen molar-refractivity contribution < 1.29 is 0 Å². The first-order valence-electron chi connectivity index (χ1n) is 7.41. The highest BCUT2D eigenvalue weighted by atomic mass is 32.2. The number of hydrogen-bond donors (Lipinski definition) is 0. The lowest BCUT2D eigenvalue weighted by molar-refractivity contribution is 0.589. The molecule has 3 heteroatoms. The van der Waals surface area contributed by atoms with Crippen LogP contribution in [0.1, 0.15) is 20.3 Å².